The number of rotatable bonds is 1. The molecule has 2 aliphatic rings. The summed E-state index contributed by atoms with van der Waals surface area (Å²) in [4.78, 5) is 14.2. The highest BCUT2D eigenvalue weighted by Crippen LogP contribution is 2.36. The molecule has 3 heterocycles. The van der Waals surface area contributed by atoms with E-state index >= 15 is 0 Å². The first-order valence-corrected chi connectivity index (χ1v) is 6.52. The van der Waals surface area contributed by atoms with Gasteiger partial charge in [-0.3, -0.25) is 4.79 Å². The molecule has 3 rings (SSSR count). The number of amides is 1. The number of carbonyl (C=O) groups excluding carboxylic acids is 1. The van der Waals surface area contributed by atoms with Crippen LogP contribution in [0.4, 0.5) is 0 Å². The quantitative estimate of drug-likeness (QED) is 0.728. The number of likely N-dealkylation sites (N-methyl/N-ethyl adjacent to an activating group) is 1. The van der Waals surface area contributed by atoms with E-state index in [2.05, 4.69) is 31.4 Å². The van der Waals surface area contributed by atoms with E-state index < -0.39 is 0 Å². The van der Waals surface area contributed by atoms with Gasteiger partial charge < -0.3 is 9.47 Å². The van der Waals surface area contributed by atoms with E-state index in [0.29, 0.717) is 5.41 Å². The molecule has 0 aromatic carbocycles. The van der Waals surface area contributed by atoms with Gasteiger partial charge in [-0.05, 0) is 24.8 Å². The third-order valence-electron chi connectivity index (χ3n) is 4.06. The number of aromatic nitrogens is 1. The van der Waals surface area contributed by atoms with Crippen LogP contribution in [0.1, 0.15) is 42.5 Å². The number of carbonyl (C=O) groups is 1. The summed E-state index contributed by atoms with van der Waals surface area (Å²) in [7, 11) is 0. The van der Waals surface area contributed by atoms with Crippen molar-refractivity contribution < 1.29 is 4.79 Å². The minimum Gasteiger partial charge on any atom is -0.347 e. The van der Waals surface area contributed by atoms with E-state index in [0.717, 1.165) is 38.0 Å². The fourth-order valence-corrected chi connectivity index (χ4v) is 3.23. The van der Waals surface area contributed by atoms with E-state index in [-0.39, 0.29) is 5.91 Å². The number of nitrogens with zero attached hydrogens (tertiary/aromatic N) is 2. The minimum atomic E-state index is 0.230. The smallest absolute Gasteiger partial charge is 0.255 e. The van der Waals surface area contributed by atoms with Crippen LogP contribution in [0.3, 0.4) is 0 Å². The van der Waals surface area contributed by atoms with Gasteiger partial charge in [0.25, 0.3) is 5.91 Å². The van der Waals surface area contributed by atoms with Crippen molar-refractivity contribution in [2.24, 2.45) is 5.41 Å². The van der Waals surface area contributed by atoms with E-state index in [1.54, 1.807) is 0 Å². The molecule has 1 aromatic rings. The van der Waals surface area contributed by atoms with Crippen LogP contribution in [-0.4, -0.2) is 28.5 Å². The van der Waals surface area contributed by atoms with Gasteiger partial charge in [-0.25, -0.2) is 0 Å². The van der Waals surface area contributed by atoms with Gasteiger partial charge in [-0.15, -0.1) is 0 Å². The maximum atomic E-state index is 12.2. The highest BCUT2D eigenvalue weighted by atomic mass is 16.2. The lowest BCUT2D eigenvalue weighted by molar-refractivity contribution is 0.0746. The molecule has 0 N–H and O–H groups in total. The zero-order valence-electron chi connectivity index (χ0n) is 10.9. The van der Waals surface area contributed by atoms with Crippen LogP contribution in [-0.2, 0) is 19.4 Å². The zero-order chi connectivity index (χ0) is 12.2. The Kier molecular flexibility index (Phi) is 2.16. The first-order valence-electron chi connectivity index (χ1n) is 6.52. The average molecular weight is 232 g/mol. The molecule has 17 heavy (non-hydrogen) atoms. The van der Waals surface area contributed by atoms with Crippen molar-refractivity contribution in [3.63, 3.8) is 0 Å². The van der Waals surface area contributed by atoms with E-state index in [1.165, 1.54) is 11.4 Å². The van der Waals surface area contributed by atoms with Gasteiger partial charge in [-0.2, -0.15) is 0 Å². The van der Waals surface area contributed by atoms with Crippen LogP contribution in [0.5, 0.6) is 0 Å². The second-order valence-corrected chi connectivity index (χ2v) is 6.06. The summed E-state index contributed by atoms with van der Waals surface area (Å²) in [5.41, 5.74) is 3.95. The first-order chi connectivity index (χ1) is 8.02. The fourth-order valence-electron chi connectivity index (χ4n) is 3.23. The third-order valence-corrected chi connectivity index (χ3v) is 4.06. The molecular weight excluding hydrogens is 212 g/mol. The van der Waals surface area contributed by atoms with Crippen LogP contribution >= 0.6 is 0 Å². The van der Waals surface area contributed by atoms with Gasteiger partial charge in [0.2, 0.25) is 0 Å². The highest BCUT2D eigenvalue weighted by molar-refractivity contribution is 5.96. The summed E-state index contributed by atoms with van der Waals surface area (Å²) in [6.45, 7) is 9.42. The minimum absolute atomic E-state index is 0.230. The van der Waals surface area contributed by atoms with Crippen molar-refractivity contribution in [2.75, 3.05) is 13.1 Å². The summed E-state index contributed by atoms with van der Waals surface area (Å²) in [6.07, 6.45) is 2.12. The highest BCUT2D eigenvalue weighted by Gasteiger charge is 2.35. The van der Waals surface area contributed by atoms with Gasteiger partial charge in [0, 0.05) is 37.4 Å². The Labute approximate surface area is 102 Å². The monoisotopic (exact) mass is 232 g/mol. The molecule has 0 saturated heterocycles. The molecule has 2 aliphatic heterocycles. The molecule has 1 amide bonds. The van der Waals surface area contributed by atoms with Gasteiger partial charge in [0.05, 0.1) is 5.56 Å². The second-order valence-electron chi connectivity index (χ2n) is 6.06. The lowest BCUT2D eigenvalue weighted by Gasteiger charge is -2.27. The van der Waals surface area contributed by atoms with Crippen molar-refractivity contribution in [1.82, 2.24) is 9.47 Å². The molecular formula is C14H20N2O. The lowest BCUT2D eigenvalue weighted by Crippen LogP contribution is -2.37. The molecule has 3 nitrogen and oxygen atoms in total. The Morgan fingerprint density at radius 3 is 2.88 bits per heavy atom. The predicted octanol–water partition coefficient (Wildman–Crippen LogP) is 2.09. The first kappa shape index (κ1) is 10.9. The van der Waals surface area contributed by atoms with Crippen molar-refractivity contribution in [3.8, 4) is 0 Å². The van der Waals surface area contributed by atoms with Crippen LogP contribution < -0.4 is 0 Å². The van der Waals surface area contributed by atoms with Gasteiger partial charge >= 0.3 is 0 Å². The Morgan fingerprint density at radius 2 is 2.18 bits per heavy atom. The Morgan fingerprint density at radius 1 is 1.41 bits per heavy atom. The van der Waals surface area contributed by atoms with Gasteiger partial charge in [-0.1, -0.05) is 13.8 Å². The molecule has 0 saturated carbocycles. The summed E-state index contributed by atoms with van der Waals surface area (Å²) >= 11 is 0. The van der Waals surface area contributed by atoms with E-state index in [9.17, 15) is 4.79 Å². The molecule has 0 spiro atoms. The zero-order valence-corrected chi connectivity index (χ0v) is 10.9. The summed E-state index contributed by atoms with van der Waals surface area (Å²) in [6, 6.07) is 2.13. The molecule has 3 heteroatoms. The topological polar surface area (TPSA) is 25.2 Å². The summed E-state index contributed by atoms with van der Waals surface area (Å²) in [5.74, 6) is 0.230. The van der Waals surface area contributed by atoms with E-state index in [1.807, 2.05) is 4.90 Å². The fraction of sp³-hybridized carbons (Fsp3) is 0.643. The molecule has 0 unspecified atom stereocenters. The van der Waals surface area contributed by atoms with Crippen LogP contribution in [0.25, 0.3) is 0 Å². The SMILES string of the molecule is CCN1CCc2c(cc3n2CC(C)(C)C3)C1=O. The Bertz CT molecular complexity index is 485. The van der Waals surface area contributed by atoms with Crippen molar-refractivity contribution in [2.45, 2.75) is 40.2 Å². The van der Waals surface area contributed by atoms with E-state index in [4.69, 9.17) is 0 Å². The number of fused-ring (bicyclic) bond motifs is 3. The lowest BCUT2D eigenvalue weighted by atomic mass is 9.90. The normalized spacial score (nSPS) is 21.6. The van der Waals surface area contributed by atoms with Gasteiger partial charge in [0.15, 0.2) is 0 Å². The molecule has 0 radical (unpaired) electrons. The third kappa shape index (κ3) is 1.52. The van der Waals surface area contributed by atoms with Crippen LogP contribution in [0, 0.1) is 5.41 Å². The Balaban J connectivity index is 2.02. The average Bonchev–Trinajstić information content (AvgIpc) is 2.72. The van der Waals surface area contributed by atoms with Crippen molar-refractivity contribution >= 4 is 5.91 Å². The summed E-state index contributed by atoms with van der Waals surface area (Å²) < 4.78 is 2.39. The molecule has 0 aliphatic carbocycles. The standard InChI is InChI=1S/C14H20N2O/c1-4-15-6-5-12-11(13(15)17)7-10-8-14(2,3)9-16(10)12/h7H,4-6,8-9H2,1-3H3. The van der Waals surface area contributed by atoms with Crippen molar-refractivity contribution in [1.29, 1.82) is 0 Å². The Hall–Kier alpha value is -1.25. The van der Waals surface area contributed by atoms with Gasteiger partial charge in [0.1, 0.15) is 0 Å². The molecule has 1 aromatic heterocycles. The maximum absolute atomic E-state index is 12.2. The molecule has 0 fully saturated rings. The largest absolute Gasteiger partial charge is 0.347 e. The molecule has 92 valence electrons. The summed E-state index contributed by atoms with van der Waals surface area (Å²) in [5, 5.41) is 0. The molecule has 0 bridgehead atoms. The number of hydrogen-bond donors (Lipinski definition) is 0. The molecule has 0 atom stereocenters. The number of hydrogen-bond acceptors (Lipinski definition) is 1. The predicted molar refractivity (Wildman–Crippen MR) is 67.2 cm³/mol. The van der Waals surface area contributed by atoms with Crippen LogP contribution in [0.15, 0.2) is 6.07 Å². The van der Waals surface area contributed by atoms with Crippen LogP contribution in [0.2, 0.25) is 0 Å². The maximum Gasteiger partial charge on any atom is 0.255 e. The second kappa shape index (κ2) is 3.37. The van der Waals surface area contributed by atoms with Crippen molar-refractivity contribution in [3.05, 3.63) is 23.0 Å².